The summed E-state index contributed by atoms with van der Waals surface area (Å²) in [5.41, 5.74) is 2.41. The predicted molar refractivity (Wildman–Crippen MR) is 100 cm³/mol. The highest BCUT2D eigenvalue weighted by Crippen LogP contribution is 2.24. The molecule has 0 radical (unpaired) electrons. The van der Waals surface area contributed by atoms with Crippen LogP contribution in [0.4, 0.5) is 15.6 Å². The molecule has 3 rings (SSSR count). The first-order valence-corrected chi connectivity index (χ1v) is 9.26. The molecule has 0 spiro atoms. The summed E-state index contributed by atoms with van der Waals surface area (Å²) in [6, 6.07) is 7.43. The Morgan fingerprint density at radius 3 is 2.64 bits per heavy atom. The van der Waals surface area contributed by atoms with Gasteiger partial charge in [-0.15, -0.1) is 0 Å². The summed E-state index contributed by atoms with van der Waals surface area (Å²) in [4.78, 5) is 29.3. The number of thiazole rings is 1. The minimum Gasteiger partial charge on any atom is -0.349 e. The Balaban J connectivity index is 1.61. The molecule has 1 aromatic carbocycles. The SMILES string of the molecule is Cc1cccc(NC(=O)Nc2nc(C)c(C(=O)NC3CCCC3)s2)c1. The van der Waals surface area contributed by atoms with E-state index in [-0.39, 0.29) is 18.0 Å². The lowest BCUT2D eigenvalue weighted by molar-refractivity contribution is 0.0941. The number of benzene rings is 1. The van der Waals surface area contributed by atoms with E-state index in [1.807, 2.05) is 31.2 Å². The molecular formula is C18H22N4O2S. The van der Waals surface area contributed by atoms with Gasteiger partial charge in [-0.1, -0.05) is 36.3 Å². The van der Waals surface area contributed by atoms with Gasteiger partial charge < -0.3 is 10.6 Å². The van der Waals surface area contributed by atoms with Crippen molar-refractivity contribution < 1.29 is 9.59 Å². The molecule has 2 aromatic rings. The Bertz CT molecular complexity index is 781. The molecule has 3 amide bonds. The molecule has 7 heteroatoms. The zero-order valence-electron chi connectivity index (χ0n) is 14.4. The number of hydrogen-bond acceptors (Lipinski definition) is 4. The van der Waals surface area contributed by atoms with Crippen molar-refractivity contribution in [3.05, 3.63) is 40.4 Å². The normalized spacial score (nSPS) is 14.3. The maximum Gasteiger partial charge on any atom is 0.325 e. The third-order valence-electron chi connectivity index (χ3n) is 4.19. The second-order valence-corrected chi connectivity index (χ2v) is 7.34. The molecule has 0 aliphatic heterocycles. The highest BCUT2D eigenvalue weighted by Gasteiger charge is 2.21. The van der Waals surface area contributed by atoms with Gasteiger partial charge in [0, 0.05) is 11.7 Å². The predicted octanol–water partition coefficient (Wildman–Crippen LogP) is 4.08. The standard InChI is InChI=1S/C18H22N4O2S/c1-11-6-5-9-14(10-11)21-17(24)22-18-19-12(2)15(25-18)16(23)20-13-7-3-4-8-13/h5-6,9-10,13H,3-4,7-8H2,1-2H3,(H,20,23)(H2,19,21,22,24). The number of carbonyl (C=O) groups excluding carboxylic acids is 2. The molecule has 1 saturated carbocycles. The van der Waals surface area contributed by atoms with Crippen LogP contribution in [0, 0.1) is 13.8 Å². The molecule has 1 fully saturated rings. The second kappa shape index (κ2) is 7.65. The summed E-state index contributed by atoms with van der Waals surface area (Å²) in [5, 5.41) is 8.93. The van der Waals surface area contributed by atoms with Crippen molar-refractivity contribution >= 4 is 34.1 Å². The highest BCUT2D eigenvalue weighted by molar-refractivity contribution is 7.17. The van der Waals surface area contributed by atoms with E-state index in [4.69, 9.17) is 0 Å². The molecule has 132 valence electrons. The molecule has 6 nitrogen and oxygen atoms in total. The van der Waals surface area contributed by atoms with Crippen LogP contribution in [0.25, 0.3) is 0 Å². The van der Waals surface area contributed by atoms with Crippen LogP contribution in [0.5, 0.6) is 0 Å². The number of hydrogen-bond donors (Lipinski definition) is 3. The summed E-state index contributed by atoms with van der Waals surface area (Å²) in [5.74, 6) is -0.103. The molecule has 0 unspecified atom stereocenters. The number of aromatic nitrogens is 1. The van der Waals surface area contributed by atoms with Crippen molar-refractivity contribution in [3.8, 4) is 0 Å². The van der Waals surface area contributed by atoms with Crippen molar-refractivity contribution in [1.29, 1.82) is 0 Å². The third-order valence-corrected chi connectivity index (χ3v) is 5.26. The van der Waals surface area contributed by atoms with Gasteiger partial charge in [-0.25, -0.2) is 9.78 Å². The average molecular weight is 358 g/mol. The zero-order chi connectivity index (χ0) is 17.8. The lowest BCUT2D eigenvalue weighted by Crippen LogP contribution is -2.32. The number of nitrogens with one attached hydrogen (secondary N) is 3. The summed E-state index contributed by atoms with van der Waals surface area (Å²) >= 11 is 1.20. The van der Waals surface area contributed by atoms with Gasteiger partial charge in [0.15, 0.2) is 5.13 Å². The minimum atomic E-state index is -0.373. The summed E-state index contributed by atoms with van der Waals surface area (Å²) < 4.78 is 0. The summed E-state index contributed by atoms with van der Waals surface area (Å²) in [6.45, 7) is 3.74. The number of carbonyl (C=O) groups is 2. The minimum absolute atomic E-state index is 0.103. The first-order valence-electron chi connectivity index (χ1n) is 8.44. The van der Waals surface area contributed by atoms with E-state index >= 15 is 0 Å². The van der Waals surface area contributed by atoms with Crippen LogP contribution in [0.3, 0.4) is 0 Å². The van der Waals surface area contributed by atoms with Gasteiger partial charge in [0.1, 0.15) is 4.88 Å². The lowest BCUT2D eigenvalue weighted by atomic mass is 10.2. The van der Waals surface area contributed by atoms with Crippen molar-refractivity contribution in [2.45, 2.75) is 45.6 Å². The number of amides is 3. The largest absolute Gasteiger partial charge is 0.349 e. The van der Waals surface area contributed by atoms with Gasteiger partial charge in [0.25, 0.3) is 5.91 Å². The van der Waals surface area contributed by atoms with Crippen LogP contribution < -0.4 is 16.0 Å². The quantitative estimate of drug-likeness (QED) is 0.770. The molecule has 0 saturated heterocycles. The van der Waals surface area contributed by atoms with Crippen LogP contribution in [0.1, 0.15) is 46.6 Å². The van der Waals surface area contributed by atoms with Crippen molar-refractivity contribution in [2.24, 2.45) is 0 Å². The Kier molecular flexibility index (Phi) is 5.33. The summed E-state index contributed by atoms with van der Waals surface area (Å²) in [6.07, 6.45) is 4.40. The zero-order valence-corrected chi connectivity index (χ0v) is 15.2. The monoisotopic (exact) mass is 358 g/mol. The van der Waals surface area contributed by atoms with E-state index in [1.54, 1.807) is 6.92 Å². The Labute approximate surface area is 151 Å². The van der Waals surface area contributed by atoms with Crippen LogP contribution in [0.15, 0.2) is 24.3 Å². The molecule has 25 heavy (non-hydrogen) atoms. The molecule has 0 atom stereocenters. The molecule has 0 bridgehead atoms. The van der Waals surface area contributed by atoms with Gasteiger partial charge in [0.05, 0.1) is 5.69 Å². The average Bonchev–Trinajstić information content (AvgIpc) is 3.16. The van der Waals surface area contributed by atoms with E-state index in [2.05, 4.69) is 20.9 Å². The number of urea groups is 1. The molecule has 1 aromatic heterocycles. The van der Waals surface area contributed by atoms with Crippen LogP contribution in [-0.2, 0) is 0 Å². The fourth-order valence-corrected chi connectivity index (χ4v) is 3.83. The number of rotatable bonds is 4. The van der Waals surface area contributed by atoms with E-state index < -0.39 is 0 Å². The molecule has 1 aliphatic rings. The van der Waals surface area contributed by atoms with E-state index in [0.717, 1.165) is 18.4 Å². The fraction of sp³-hybridized carbons (Fsp3) is 0.389. The molecule has 1 aliphatic carbocycles. The maximum atomic E-state index is 12.4. The van der Waals surface area contributed by atoms with Crippen molar-refractivity contribution in [3.63, 3.8) is 0 Å². The van der Waals surface area contributed by atoms with Gasteiger partial charge in [0.2, 0.25) is 0 Å². The maximum absolute atomic E-state index is 12.4. The molecular weight excluding hydrogens is 336 g/mol. The van der Waals surface area contributed by atoms with E-state index in [1.165, 1.54) is 24.2 Å². The smallest absolute Gasteiger partial charge is 0.325 e. The van der Waals surface area contributed by atoms with Gasteiger partial charge in [-0.05, 0) is 44.4 Å². The van der Waals surface area contributed by atoms with Gasteiger partial charge in [-0.2, -0.15) is 0 Å². The van der Waals surface area contributed by atoms with Crippen LogP contribution >= 0.6 is 11.3 Å². The fourth-order valence-electron chi connectivity index (χ4n) is 2.96. The first kappa shape index (κ1) is 17.4. The number of nitrogens with zero attached hydrogens (tertiary/aromatic N) is 1. The Morgan fingerprint density at radius 1 is 1.16 bits per heavy atom. The molecule has 1 heterocycles. The van der Waals surface area contributed by atoms with E-state index in [9.17, 15) is 9.59 Å². The Hall–Kier alpha value is -2.41. The van der Waals surface area contributed by atoms with Crippen molar-refractivity contribution in [1.82, 2.24) is 10.3 Å². The summed E-state index contributed by atoms with van der Waals surface area (Å²) in [7, 11) is 0. The van der Waals surface area contributed by atoms with Crippen LogP contribution in [0.2, 0.25) is 0 Å². The lowest BCUT2D eigenvalue weighted by Gasteiger charge is -2.10. The van der Waals surface area contributed by atoms with Crippen LogP contribution in [-0.4, -0.2) is 23.0 Å². The van der Waals surface area contributed by atoms with Crippen molar-refractivity contribution in [2.75, 3.05) is 10.6 Å². The topological polar surface area (TPSA) is 83.1 Å². The van der Waals surface area contributed by atoms with E-state index in [0.29, 0.717) is 21.4 Å². The number of aryl methyl sites for hydroxylation is 2. The Morgan fingerprint density at radius 2 is 1.92 bits per heavy atom. The van der Waals surface area contributed by atoms with Gasteiger partial charge >= 0.3 is 6.03 Å². The van der Waals surface area contributed by atoms with Gasteiger partial charge in [-0.3, -0.25) is 10.1 Å². The molecule has 3 N–H and O–H groups in total. The first-order chi connectivity index (χ1) is 12.0. The third kappa shape index (κ3) is 4.57. The number of anilines is 2. The second-order valence-electron chi connectivity index (χ2n) is 6.34. The highest BCUT2D eigenvalue weighted by atomic mass is 32.1.